The van der Waals surface area contributed by atoms with Gasteiger partial charge in [0.25, 0.3) is 0 Å². The second kappa shape index (κ2) is 5.67. The maximum absolute atomic E-state index is 10.4. The molecule has 14 heavy (non-hydrogen) atoms. The van der Waals surface area contributed by atoms with Gasteiger partial charge < -0.3 is 21.2 Å². The summed E-state index contributed by atoms with van der Waals surface area (Å²) >= 11 is 0. The van der Waals surface area contributed by atoms with Crippen LogP contribution in [0.5, 0.6) is 0 Å². The van der Waals surface area contributed by atoms with Gasteiger partial charge in [-0.3, -0.25) is 9.89 Å². The Morgan fingerprint density at radius 1 is 1.36 bits per heavy atom. The number of rotatable bonds is 1. The summed E-state index contributed by atoms with van der Waals surface area (Å²) in [5.41, 5.74) is -0.329. The lowest BCUT2D eigenvalue weighted by Gasteiger charge is -2.18. The average Bonchev–Trinajstić information content (AvgIpc) is 2.04. The smallest absolute Gasteiger partial charge is 0.412 e. The molecule has 1 amide bonds. The Bertz CT molecular complexity index is 284. The number of carboxylic acid groups (broad SMARTS) is 2. The number of amides is 1. The predicted octanol–water partition coefficient (Wildman–Crippen LogP) is -1.67. The van der Waals surface area contributed by atoms with E-state index in [1.54, 1.807) is 0 Å². The minimum atomic E-state index is -1.30. The number of aliphatic carboxylic acids is 1. The van der Waals surface area contributed by atoms with Crippen LogP contribution in [0.3, 0.4) is 0 Å². The van der Waals surface area contributed by atoms with E-state index in [9.17, 15) is 9.59 Å². The molecular formula is C6H10N2O6. The molecule has 6 N–H and O–H groups in total. The Labute approximate surface area is 78.4 Å². The minimum absolute atomic E-state index is 0. The molecule has 0 aromatic carbocycles. The zero-order valence-electron chi connectivity index (χ0n) is 6.97. The molecule has 1 aliphatic heterocycles. The highest BCUT2D eigenvalue weighted by atomic mass is 16.4. The van der Waals surface area contributed by atoms with Crippen LogP contribution in [0.15, 0.2) is 16.9 Å². The van der Waals surface area contributed by atoms with E-state index in [-0.39, 0.29) is 23.2 Å². The third-order valence-electron chi connectivity index (χ3n) is 1.31. The SMILES string of the molecule is O.O.O=C(O)C1=CN=CCN1C(=O)O. The fourth-order valence-electron chi connectivity index (χ4n) is 0.772. The second-order valence-corrected chi connectivity index (χ2v) is 2.04. The number of carbonyl (C=O) groups is 2. The summed E-state index contributed by atoms with van der Waals surface area (Å²) in [5, 5.41) is 17.0. The largest absolute Gasteiger partial charge is 0.477 e. The summed E-state index contributed by atoms with van der Waals surface area (Å²) in [6, 6.07) is 0. The molecular weight excluding hydrogens is 196 g/mol. The van der Waals surface area contributed by atoms with Crippen LogP contribution in [-0.4, -0.2) is 50.9 Å². The van der Waals surface area contributed by atoms with Crippen molar-refractivity contribution in [3.8, 4) is 0 Å². The third kappa shape index (κ3) is 2.84. The molecule has 1 aliphatic rings. The van der Waals surface area contributed by atoms with Crippen molar-refractivity contribution in [3.63, 3.8) is 0 Å². The van der Waals surface area contributed by atoms with E-state index in [0.717, 1.165) is 6.20 Å². The summed E-state index contributed by atoms with van der Waals surface area (Å²) in [4.78, 5) is 25.1. The lowest BCUT2D eigenvalue weighted by Crippen LogP contribution is -2.35. The van der Waals surface area contributed by atoms with Crippen molar-refractivity contribution >= 4 is 18.3 Å². The first-order valence-corrected chi connectivity index (χ1v) is 3.08. The van der Waals surface area contributed by atoms with E-state index < -0.39 is 12.1 Å². The van der Waals surface area contributed by atoms with Gasteiger partial charge in [-0.25, -0.2) is 9.59 Å². The highest BCUT2D eigenvalue weighted by molar-refractivity contribution is 5.92. The van der Waals surface area contributed by atoms with Crippen LogP contribution in [0.25, 0.3) is 0 Å². The highest BCUT2D eigenvalue weighted by Crippen LogP contribution is 2.07. The number of nitrogens with zero attached hydrogens (tertiary/aromatic N) is 2. The van der Waals surface area contributed by atoms with E-state index in [2.05, 4.69) is 4.99 Å². The van der Waals surface area contributed by atoms with E-state index in [0.29, 0.717) is 4.90 Å². The van der Waals surface area contributed by atoms with E-state index in [4.69, 9.17) is 10.2 Å². The molecule has 0 fully saturated rings. The van der Waals surface area contributed by atoms with Crippen LogP contribution >= 0.6 is 0 Å². The van der Waals surface area contributed by atoms with Gasteiger partial charge in [-0.15, -0.1) is 0 Å². The molecule has 8 nitrogen and oxygen atoms in total. The van der Waals surface area contributed by atoms with Gasteiger partial charge in [-0.05, 0) is 0 Å². The molecule has 80 valence electrons. The Hall–Kier alpha value is -1.93. The van der Waals surface area contributed by atoms with Crippen LogP contribution in [-0.2, 0) is 4.79 Å². The first-order chi connectivity index (χ1) is 5.63. The molecule has 0 radical (unpaired) electrons. The molecule has 0 aromatic rings. The van der Waals surface area contributed by atoms with Crippen LogP contribution < -0.4 is 0 Å². The van der Waals surface area contributed by atoms with Gasteiger partial charge >= 0.3 is 12.1 Å². The molecule has 0 aromatic heterocycles. The Kier molecular flexibility index (Phi) is 5.91. The molecule has 1 rings (SSSR count). The summed E-state index contributed by atoms with van der Waals surface area (Å²) in [7, 11) is 0. The molecule has 1 heterocycles. The first kappa shape index (κ1) is 14.6. The quantitative estimate of drug-likeness (QED) is 0.526. The fourth-order valence-corrected chi connectivity index (χ4v) is 0.772. The zero-order valence-corrected chi connectivity index (χ0v) is 6.97. The summed E-state index contributed by atoms with van der Waals surface area (Å²) < 4.78 is 0. The van der Waals surface area contributed by atoms with E-state index in [1.807, 2.05) is 0 Å². The topological polar surface area (TPSA) is 153 Å². The molecule has 0 bridgehead atoms. The number of carboxylic acids is 1. The Morgan fingerprint density at radius 2 is 1.93 bits per heavy atom. The Morgan fingerprint density at radius 3 is 2.29 bits per heavy atom. The molecule has 0 spiro atoms. The van der Waals surface area contributed by atoms with Gasteiger partial charge in [0.1, 0.15) is 0 Å². The van der Waals surface area contributed by atoms with Crippen LogP contribution in [0.2, 0.25) is 0 Å². The lowest BCUT2D eigenvalue weighted by atomic mass is 10.3. The van der Waals surface area contributed by atoms with Gasteiger partial charge in [0.15, 0.2) is 5.70 Å². The van der Waals surface area contributed by atoms with E-state index >= 15 is 0 Å². The molecule has 8 heteroatoms. The molecule has 0 unspecified atom stereocenters. The van der Waals surface area contributed by atoms with Crippen molar-refractivity contribution < 1.29 is 30.8 Å². The molecule has 0 saturated carbocycles. The van der Waals surface area contributed by atoms with Gasteiger partial charge in [0.2, 0.25) is 0 Å². The summed E-state index contributed by atoms with van der Waals surface area (Å²) in [6.07, 6.45) is 1.02. The van der Waals surface area contributed by atoms with Crippen LogP contribution in [0.1, 0.15) is 0 Å². The summed E-state index contributed by atoms with van der Waals surface area (Å²) in [6.45, 7) is -0.0204. The highest BCUT2D eigenvalue weighted by Gasteiger charge is 2.23. The van der Waals surface area contributed by atoms with E-state index in [1.165, 1.54) is 6.21 Å². The average molecular weight is 206 g/mol. The third-order valence-corrected chi connectivity index (χ3v) is 1.31. The number of hydrogen-bond donors (Lipinski definition) is 2. The van der Waals surface area contributed by atoms with Gasteiger partial charge in [0, 0.05) is 6.21 Å². The molecule has 0 saturated heterocycles. The van der Waals surface area contributed by atoms with Crippen molar-refractivity contribution in [3.05, 3.63) is 11.9 Å². The Balaban J connectivity index is 0. The van der Waals surface area contributed by atoms with Crippen molar-refractivity contribution in [2.45, 2.75) is 0 Å². The molecule has 0 aliphatic carbocycles. The zero-order chi connectivity index (χ0) is 9.14. The van der Waals surface area contributed by atoms with Crippen molar-refractivity contribution in [1.82, 2.24) is 4.90 Å². The molecule has 0 atom stereocenters. The maximum atomic E-state index is 10.4. The van der Waals surface area contributed by atoms with Gasteiger partial charge in [-0.1, -0.05) is 0 Å². The van der Waals surface area contributed by atoms with Crippen molar-refractivity contribution in [2.24, 2.45) is 4.99 Å². The fraction of sp³-hybridized carbons (Fsp3) is 0.167. The standard InChI is InChI=1S/C6H6N2O4.2H2O/c9-5(10)4-3-7-1-2-8(4)6(11)12;;/h1,3H,2H2,(H,9,10)(H,11,12);2*1H2. The number of aliphatic imine (C=N–C) groups is 1. The van der Waals surface area contributed by atoms with Gasteiger partial charge in [0.05, 0.1) is 12.7 Å². The predicted molar refractivity (Wildman–Crippen MR) is 46.2 cm³/mol. The lowest BCUT2D eigenvalue weighted by molar-refractivity contribution is -0.134. The monoisotopic (exact) mass is 206 g/mol. The summed E-state index contributed by atoms with van der Waals surface area (Å²) in [5.74, 6) is -1.30. The second-order valence-electron chi connectivity index (χ2n) is 2.04. The van der Waals surface area contributed by atoms with Crippen molar-refractivity contribution in [2.75, 3.05) is 6.54 Å². The van der Waals surface area contributed by atoms with Crippen molar-refractivity contribution in [1.29, 1.82) is 0 Å². The van der Waals surface area contributed by atoms with Gasteiger partial charge in [-0.2, -0.15) is 0 Å². The minimum Gasteiger partial charge on any atom is -0.477 e. The number of hydrogen-bond acceptors (Lipinski definition) is 3. The normalized spacial score (nSPS) is 13.4. The van der Waals surface area contributed by atoms with Crippen LogP contribution in [0.4, 0.5) is 4.79 Å². The van der Waals surface area contributed by atoms with Crippen LogP contribution in [0, 0.1) is 0 Å². The maximum Gasteiger partial charge on any atom is 0.412 e. The first-order valence-electron chi connectivity index (χ1n) is 3.08.